The van der Waals surface area contributed by atoms with E-state index in [1.54, 1.807) is 14.2 Å². The molecule has 4 aromatic rings. The van der Waals surface area contributed by atoms with E-state index in [2.05, 4.69) is 30.7 Å². The molecule has 0 spiro atoms. The number of rotatable bonds is 20. The third-order valence-corrected chi connectivity index (χ3v) is 9.80. The Bertz CT molecular complexity index is 1910. The lowest BCUT2D eigenvalue weighted by atomic mass is 9.80. The molecule has 2 heterocycles. The number of ether oxygens (including phenoxy) is 7. The minimum Gasteiger partial charge on any atom is -0.497 e. The molecule has 5 rings (SSSR count). The number of nitrogens with one attached hydrogen (secondary N) is 1. The SMILES string of the molecule is CCN(CC)CC.COCCO[C@@H]1[C@H](OC(=O)CCC(=O)O)[C@@H](COC(c2ccccc2)(c2ccc(OC)cc2)c2ccc(OC)cc2)O[C@H]1n1ccc(=O)[nH]c1=O. The van der Waals surface area contributed by atoms with E-state index in [0.717, 1.165) is 27.3 Å². The topological polar surface area (TPSA) is 177 Å². The molecule has 0 amide bonds. The minimum absolute atomic E-state index is 0.0293. The maximum absolute atomic E-state index is 13.1. The summed E-state index contributed by atoms with van der Waals surface area (Å²) in [5, 5.41) is 9.20. The Morgan fingerprint density at radius 3 is 1.83 bits per heavy atom. The minimum atomic E-state index is -1.28. The number of hydrogen-bond donors (Lipinski definition) is 2. The van der Waals surface area contributed by atoms with Crippen molar-refractivity contribution < 1.29 is 47.9 Å². The summed E-state index contributed by atoms with van der Waals surface area (Å²) in [5.41, 5.74) is -0.451. The number of carboxylic acid groups (broad SMARTS) is 1. The van der Waals surface area contributed by atoms with Gasteiger partial charge in [-0.1, -0.05) is 75.4 Å². The van der Waals surface area contributed by atoms with Crippen molar-refractivity contribution in [1.29, 1.82) is 0 Å². The van der Waals surface area contributed by atoms with Crippen LogP contribution in [0.25, 0.3) is 0 Å². The maximum atomic E-state index is 13.1. The fraction of sp³-hybridized carbons (Fsp3) is 0.442. The van der Waals surface area contributed by atoms with E-state index >= 15 is 0 Å². The molecule has 58 heavy (non-hydrogen) atoms. The summed E-state index contributed by atoms with van der Waals surface area (Å²) in [6.07, 6.45) is -4.16. The lowest BCUT2D eigenvalue weighted by Gasteiger charge is -2.37. The third-order valence-electron chi connectivity index (χ3n) is 9.80. The molecule has 1 aromatic heterocycles. The molecule has 0 saturated carbocycles. The number of H-pyrrole nitrogens is 1. The molecule has 1 aliphatic rings. The van der Waals surface area contributed by atoms with Crippen LogP contribution in [0.15, 0.2) is 101 Å². The molecule has 15 nitrogen and oxygen atoms in total. The average molecular weight is 806 g/mol. The predicted octanol–water partition coefficient (Wildman–Crippen LogP) is 4.62. The Labute approximate surface area is 338 Å². The number of nitrogens with zero attached hydrogens (tertiary/aromatic N) is 2. The van der Waals surface area contributed by atoms with Crippen molar-refractivity contribution in [3.63, 3.8) is 0 Å². The van der Waals surface area contributed by atoms with Crippen LogP contribution in [0.3, 0.4) is 0 Å². The summed E-state index contributed by atoms with van der Waals surface area (Å²) in [4.78, 5) is 53.9. The Morgan fingerprint density at radius 2 is 1.34 bits per heavy atom. The second-order valence-corrected chi connectivity index (χ2v) is 13.2. The number of benzene rings is 3. The highest BCUT2D eigenvalue weighted by Gasteiger charge is 2.51. The summed E-state index contributed by atoms with van der Waals surface area (Å²) in [5.74, 6) is -0.724. The first-order valence-corrected chi connectivity index (χ1v) is 19.2. The number of esters is 1. The van der Waals surface area contributed by atoms with E-state index in [-0.39, 0.29) is 19.8 Å². The molecule has 4 atom stereocenters. The molecule has 0 aliphatic carbocycles. The Balaban J connectivity index is 0.000000973. The molecular formula is C43H55N3O12. The molecule has 0 bridgehead atoms. The summed E-state index contributed by atoms with van der Waals surface area (Å²) >= 11 is 0. The van der Waals surface area contributed by atoms with Crippen molar-refractivity contribution in [2.24, 2.45) is 0 Å². The monoisotopic (exact) mass is 805 g/mol. The summed E-state index contributed by atoms with van der Waals surface area (Å²) in [6.45, 7) is 10.1. The van der Waals surface area contributed by atoms with Gasteiger partial charge in [0, 0.05) is 19.4 Å². The van der Waals surface area contributed by atoms with Crippen LogP contribution >= 0.6 is 0 Å². The molecule has 3 aromatic carbocycles. The second kappa shape index (κ2) is 22.6. The molecule has 1 aliphatic heterocycles. The van der Waals surface area contributed by atoms with Gasteiger partial charge in [-0.25, -0.2) is 4.79 Å². The van der Waals surface area contributed by atoms with Crippen molar-refractivity contribution in [1.82, 2.24) is 14.5 Å². The van der Waals surface area contributed by atoms with Gasteiger partial charge < -0.3 is 43.2 Å². The van der Waals surface area contributed by atoms with Gasteiger partial charge in [-0.2, -0.15) is 0 Å². The van der Waals surface area contributed by atoms with E-state index in [1.165, 1.54) is 32.9 Å². The van der Waals surface area contributed by atoms with Gasteiger partial charge in [0.05, 0.1) is 46.9 Å². The zero-order valence-electron chi connectivity index (χ0n) is 34.0. The largest absolute Gasteiger partial charge is 0.497 e. The van der Waals surface area contributed by atoms with Gasteiger partial charge in [0.25, 0.3) is 5.56 Å². The Hall–Kier alpha value is -5.32. The van der Waals surface area contributed by atoms with Gasteiger partial charge in [-0.05, 0) is 60.6 Å². The van der Waals surface area contributed by atoms with Crippen LogP contribution in [-0.4, -0.2) is 111 Å². The molecule has 0 radical (unpaired) electrons. The van der Waals surface area contributed by atoms with Crippen molar-refractivity contribution >= 4 is 11.9 Å². The molecule has 0 unspecified atom stereocenters. The number of hydrogen-bond acceptors (Lipinski definition) is 12. The van der Waals surface area contributed by atoms with Crippen LogP contribution in [0.2, 0.25) is 0 Å². The van der Waals surface area contributed by atoms with Crippen LogP contribution in [-0.2, 0) is 38.9 Å². The van der Waals surface area contributed by atoms with Crippen LogP contribution in [0.1, 0.15) is 56.5 Å². The summed E-state index contributed by atoms with van der Waals surface area (Å²) in [7, 11) is 4.63. The number of methoxy groups -OCH3 is 3. The van der Waals surface area contributed by atoms with Crippen molar-refractivity contribution in [3.8, 4) is 11.5 Å². The smallest absolute Gasteiger partial charge is 0.330 e. The molecule has 314 valence electrons. The lowest BCUT2D eigenvalue weighted by Crippen LogP contribution is -2.43. The molecule has 2 N–H and O–H groups in total. The summed E-state index contributed by atoms with van der Waals surface area (Å²) < 4.78 is 42.6. The quantitative estimate of drug-likeness (QED) is 0.0720. The average Bonchev–Trinajstić information content (AvgIpc) is 3.57. The van der Waals surface area contributed by atoms with Gasteiger partial charge >= 0.3 is 17.6 Å². The Morgan fingerprint density at radius 1 is 0.776 bits per heavy atom. The van der Waals surface area contributed by atoms with Crippen LogP contribution in [0.5, 0.6) is 11.5 Å². The number of carbonyl (C=O) groups is 2. The highest BCUT2D eigenvalue weighted by atomic mass is 16.6. The molecule has 1 fully saturated rings. The van der Waals surface area contributed by atoms with Crippen molar-refractivity contribution in [2.75, 3.05) is 60.8 Å². The fourth-order valence-corrected chi connectivity index (χ4v) is 6.65. The van der Waals surface area contributed by atoms with Crippen LogP contribution in [0.4, 0.5) is 0 Å². The molecule has 15 heteroatoms. The number of aromatic nitrogens is 2. The number of carboxylic acids is 1. The first-order chi connectivity index (χ1) is 28.0. The van der Waals surface area contributed by atoms with Gasteiger partial charge in [0.15, 0.2) is 12.3 Å². The number of aliphatic carboxylic acids is 1. The van der Waals surface area contributed by atoms with E-state index in [1.807, 2.05) is 78.9 Å². The van der Waals surface area contributed by atoms with Crippen molar-refractivity contribution in [2.45, 2.75) is 63.8 Å². The van der Waals surface area contributed by atoms with Gasteiger partial charge in [-0.15, -0.1) is 0 Å². The van der Waals surface area contributed by atoms with E-state index in [4.69, 9.17) is 33.2 Å². The normalized spacial score (nSPS) is 17.6. The van der Waals surface area contributed by atoms with Crippen LogP contribution < -0.4 is 20.7 Å². The Kier molecular flexibility index (Phi) is 17.7. The predicted molar refractivity (Wildman–Crippen MR) is 215 cm³/mol. The maximum Gasteiger partial charge on any atom is 0.330 e. The van der Waals surface area contributed by atoms with Crippen LogP contribution in [0, 0.1) is 0 Å². The zero-order valence-corrected chi connectivity index (χ0v) is 34.0. The van der Waals surface area contributed by atoms with Gasteiger partial charge in [0.2, 0.25) is 0 Å². The first-order valence-electron chi connectivity index (χ1n) is 19.2. The van der Waals surface area contributed by atoms with Gasteiger partial charge in [-0.3, -0.25) is 23.9 Å². The van der Waals surface area contributed by atoms with E-state index in [9.17, 15) is 24.3 Å². The van der Waals surface area contributed by atoms with Crippen molar-refractivity contribution in [3.05, 3.63) is 129 Å². The standard InChI is InChI=1S/C37H40N2O12.C6H15N/c1-45-21-22-48-34-33(51-32(43)18-17-31(41)42)29(50-35(34)39-20-19-30(40)38-36(39)44)23-49-37(24-7-5-4-6-8-24,25-9-13-27(46-2)14-10-25)26-11-15-28(47-3)16-12-26;1-4-7(5-2)6-3/h4-16,19-20,29,33-35H,17-18,21-23H2,1-3H3,(H,41,42)(H,38,40,44);4-6H2,1-3H3/t29-,33-,34-,35-;/m1./s1. The molecular weight excluding hydrogens is 750 g/mol. The fourth-order valence-electron chi connectivity index (χ4n) is 6.65. The highest BCUT2D eigenvalue weighted by molar-refractivity contribution is 5.76. The first kappa shape index (κ1) is 45.4. The van der Waals surface area contributed by atoms with E-state index in [0.29, 0.717) is 11.5 Å². The number of carbonyl (C=O) groups excluding carboxylic acids is 1. The number of aromatic amines is 1. The van der Waals surface area contributed by atoms with Gasteiger partial charge in [0.1, 0.15) is 29.3 Å². The molecule has 1 saturated heterocycles. The second-order valence-electron chi connectivity index (χ2n) is 13.2. The van der Waals surface area contributed by atoms with E-state index < -0.39 is 66.2 Å². The lowest BCUT2D eigenvalue weighted by molar-refractivity contribution is -0.162. The highest BCUT2D eigenvalue weighted by Crippen LogP contribution is 2.43. The third kappa shape index (κ3) is 11.6. The zero-order chi connectivity index (χ0) is 42.1. The summed E-state index contributed by atoms with van der Waals surface area (Å²) in [6, 6.07) is 25.5.